The Hall–Kier alpha value is -1.91. The summed E-state index contributed by atoms with van der Waals surface area (Å²) in [4.78, 5) is 15.2. The number of hydrogen-bond acceptors (Lipinski definition) is 3. The van der Waals surface area contributed by atoms with Gasteiger partial charge in [-0.05, 0) is 25.3 Å². The molecule has 1 aliphatic rings. The van der Waals surface area contributed by atoms with Gasteiger partial charge in [-0.1, -0.05) is 18.0 Å². The predicted octanol–water partition coefficient (Wildman–Crippen LogP) is 4.50. The standard InChI is InChI=1S/C14H15ClF6N4O/c15-10-5-8(14(19,20)21)6-22-11(10)24-25-12(26)23-9-3-1-2-7(4-9)13(16,17)18/h5-7,9H,1-4H2,(H,22,24)(H2,23,25,26)/t7-,9-/m1/s1. The molecule has 5 nitrogen and oxygen atoms in total. The van der Waals surface area contributed by atoms with Crippen molar-refractivity contribution in [2.75, 3.05) is 5.43 Å². The maximum atomic E-state index is 12.7. The number of nitrogens with one attached hydrogen (secondary N) is 3. The van der Waals surface area contributed by atoms with E-state index in [1.54, 1.807) is 0 Å². The van der Waals surface area contributed by atoms with Crippen LogP contribution in [0.15, 0.2) is 12.3 Å². The summed E-state index contributed by atoms with van der Waals surface area (Å²) >= 11 is 5.66. The molecule has 3 N–H and O–H groups in total. The van der Waals surface area contributed by atoms with Gasteiger partial charge in [-0.25, -0.2) is 9.78 Å². The van der Waals surface area contributed by atoms with Crippen molar-refractivity contribution in [1.29, 1.82) is 0 Å². The molecule has 26 heavy (non-hydrogen) atoms. The van der Waals surface area contributed by atoms with Crippen LogP contribution in [0.4, 0.5) is 37.0 Å². The van der Waals surface area contributed by atoms with Crippen LogP contribution in [0.2, 0.25) is 5.02 Å². The molecule has 1 aliphatic carbocycles. The quantitative estimate of drug-likeness (QED) is 0.513. The molecule has 0 unspecified atom stereocenters. The third-order valence-corrected chi connectivity index (χ3v) is 4.22. The first kappa shape index (κ1) is 20.4. The highest BCUT2D eigenvalue weighted by atomic mass is 35.5. The van der Waals surface area contributed by atoms with Crippen LogP contribution in [-0.4, -0.2) is 23.2 Å². The van der Waals surface area contributed by atoms with Crippen LogP contribution in [0.3, 0.4) is 0 Å². The lowest BCUT2D eigenvalue weighted by Crippen LogP contribution is -2.47. The lowest BCUT2D eigenvalue weighted by molar-refractivity contribution is -0.183. The number of hydrogen-bond donors (Lipinski definition) is 3. The average molecular weight is 405 g/mol. The van der Waals surface area contributed by atoms with Crippen LogP contribution in [0.5, 0.6) is 0 Å². The van der Waals surface area contributed by atoms with E-state index in [4.69, 9.17) is 11.6 Å². The number of carbonyl (C=O) groups excluding carboxylic acids is 1. The van der Waals surface area contributed by atoms with Crippen LogP contribution in [-0.2, 0) is 6.18 Å². The van der Waals surface area contributed by atoms with E-state index in [1.807, 2.05) is 0 Å². The molecule has 1 aromatic rings. The van der Waals surface area contributed by atoms with Gasteiger partial charge in [0.15, 0.2) is 5.82 Å². The minimum atomic E-state index is -4.62. The molecule has 0 bridgehead atoms. The number of rotatable bonds is 3. The molecule has 0 spiro atoms. The van der Waals surface area contributed by atoms with Crippen molar-refractivity contribution >= 4 is 23.4 Å². The molecular weight excluding hydrogens is 390 g/mol. The summed E-state index contributed by atoms with van der Waals surface area (Å²) in [5.41, 5.74) is 3.26. The van der Waals surface area contributed by atoms with E-state index in [1.165, 1.54) is 0 Å². The van der Waals surface area contributed by atoms with E-state index in [-0.39, 0.29) is 23.7 Å². The third kappa shape index (κ3) is 5.55. The van der Waals surface area contributed by atoms with Gasteiger partial charge in [0, 0.05) is 12.2 Å². The molecule has 146 valence electrons. The molecular formula is C14H15ClF6N4O. The SMILES string of the molecule is O=C(NNc1ncc(C(F)(F)F)cc1Cl)N[C@@H]1CCC[C@@H](C(F)(F)F)C1. The van der Waals surface area contributed by atoms with Crippen LogP contribution >= 0.6 is 11.6 Å². The van der Waals surface area contributed by atoms with Gasteiger partial charge < -0.3 is 5.32 Å². The van der Waals surface area contributed by atoms with Gasteiger partial charge in [-0.15, -0.1) is 0 Å². The van der Waals surface area contributed by atoms with Gasteiger partial charge in [0.25, 0.3) is 0 Å². The topological polar surface area (TPSA) is 66.0 Å². The van der Waals surface area contributed by atoms with E-state index >= 15 is 0 Å². The summed E-state index contributed by atoms with van der Waals surface area (Å²) in [5, 5.41) is 2.00. The molecule has 1 saturated carbocycles. The number of halogens is 7. The van der Waals surface area contributed by atoms with Crippen molar-refractivity contribution in [3.8, 4) is 0 Å². The highest BCUT2D eigenvalue weighted by molar-refractivity contribution is 6.33. The van der Waals surface area contributed by atoms with Crippen LogP contribution in [0.1, 0.15) is 31.2 Å². The van der Waals surface area contributed by atoms with E-state index < -0.39 is 35.9 Å². The third-order valence-electron chi connectivity index (χ3n) is 3.94. The fourth-order valence-electron chi connectivity index (χ4n) is 2.64. The maximum absolute atomic E-state index is 12.7. The number of anilines is 1. The minimum Gasteiger partial charge on any atom is -0.334 e. The molecule has 0 radical (unpaired) electrons. The Morgan fingerprint density at radius 1 is 1.19 bits per heavy atom. The van der Waals surface area contributed by atoms with Crippen molar-refractivity contribution in [3.63, 3.8) is 0 Å². The first-order valence-corrected chi connectivity index (χ1v) is 7.96. The van der Waals surface area contributed by atoms with Gasteiger partial charge in [-0.3, -0.25) is 10.9 Å². The van der Waals surface area contributed by atoms with Gasteiger partial charge in [0.05, 0.1) is 16.5 Å². The van der Waals surface area contributed by atoms with Crippen molar-refractivity contribution in [1.82, 2.24) is 15.7 Å². The number of alkyl halides is 6. The van der Waals surface area contributed by atoms with E-state index in [9.17, 15) is 31.1 Å². The Kier molecular flexibility index (Phi) is 6.09. The first-order valence-electron chi connectivity index (χ1n) is 7.59. The number of urea groups is 1. The number of carbonyl (C=O) groups is 1. The molecule has 0 saturated heterocycles. The second-order valence-corrected chi connectivity index (χ2v) is 6.28. The van der Waals surface area contributed by atoms with E-state index in [2.05, 4.69) is 21.2 Å². The summed E-state index contributed by atoms with van der Waals surface area (Å²) in [6.45, 7) is 0. The van der Waals surface area contributed by atoms with Crippen molar-refractivity contribution in [2.24, 2.45) is 5.92 Å². The lowest BCUT2D eigenvalue weighted by atomic mass is 9.85. The van der Waals surface area contributed by atoms with Crippen molar-refractivity contribution < 1.29 is 31.1 Å². The largest absolute Gasteiger partial charge is 0.417 e. The second-order valence-electron chi connectivity index (χ2n) is 5.88. The number of pyridine rings is 1. The Morgan fingerprint density at radius 2 is 1.88 bits per heavy atom. The summed E-state index contributed by atoms with van der Waals surface area (Å²) in [6.07, 6.45) is -7.87. The summed E-state index contributed by atoms with van der Waals surface area (Å²) in [7, 11) is 0. The van der Waals surface area contributed by atoms with E-state index in [0.717, 1.165) is 0 Å². The molecule has 0 aromatic carbocycles. The number of nitrogens with zero attached hydrogens (tertiary/aromatic N) is 1. The summed E-state index contributed by atoms with van der Waals surface area (Å²) < 4.78 is 75.7. The lowest BCUT2D eigenvalue weighted by Gasteiger charge is -2.31. The Bertz CT molecular complexity index is 651. The highest BCUT2D eigenvalue weighted by Gasteiger charge is 2.42. The van der Waals surface area contributed by atoms with Crippen LogP contribution in [0, 0.1) is 5.92 Å². The zero-order valence-electron chi connectivity index (χ0n) is 13.1. The zero-order valence-corrected chi connectivity index (χ0v) is 13.9. The first-order chi connectivity index (χ1) is 12.0. The normalized spacial score (nSPS) is 21.2. The number of hydrazine groups is 1. The molecule has 12 heteroatoms. The van der Waals surface area contributed by atoms with Crippen LogP contribution < -0.4 is 16.2 Å². The Balaban J connectivity index is 1.87. The molecule has 2 amide bonds. The van der Waals surface area contributed by atoms with Gasteiger partial charge in [0.1, 0.15) is 0 Å². The van der Waals surface area contributed by atoms with Gasteiger partial charge in [-0.2, -0.15) is 26.3 Å². The zero-order chi connectivity index (χ0) is 19.5. The van der Waals surface area contributed by atoms with Crippen molar-refractivity contribution in [3.05, 3.63) is 22.8 Å². The molecule has 2 atom stereocenters. The maximum Gasteiger partial charge on any atom is 0.417 e. The molecule has 1 heterocycles. The molecule has 2 rings (SSSR count). The average Bonchev–Trinajstić information content (AvgIpc) is 2.52. The number of aromatic nitrogens is 1. The minimum absolute atomic E-state index is 0.0205. The summed E-state index contributed by atoms with van der Waals surface area (Å²) in [6, 6.07) is -0.866. The van der Waals surface area contributed by atoms with Gasteiger partial charge in [0.2, 0.25) is 0 Å². The molecule has 0 aliphatic heterocycles. The predicted molar refractivity (Wildman–Crippen MR) is 81.3 cm³/mol. The fraction of sp³-hybridized carbons (Fsp3) is 0.571. The highest BCUT2D eigenvalue weighted by Crippen LogP contribution is 2.37. The monoisotopic (exact) mass is 404 g/mol. The molecule has 1 fully saturated rings. The van der Waals surface area contributed by atoms with Crippen LogP contribution in [0.25, 0.3) is 0 Å². The molecule has 1 aromatic heterocycles. The smallest absolute Gasteiger partial charge is 0.334 e. The Morgan fingerprint density at radius 3 is 2.46 bits per heavy atom. The fourth-order valence-corrected chi connectivity index (χ4v) is 2.85. The van der Waals surface area contributed by atoms with Gasteiger partial charge >= 0.3 is 18.4 Å². The Labute approximate surface area is 149 Å². The number of amides is 2. The van der Waals surface area contributed by atoms with E-state index in [0.29, 0.717) is 25.1 Å². The summed E-state index contributed by atoms with van der Waals surface area (Å²) in [5.74, 6) is -1.70. The second kappa shape index (κ2) is 7.77. The van der Waals surface area contributed by atoms with Crippen molar-refractivity contribution in [2.45, 2.75) is 44.1 Å².